The monoisotopic (exact) mass is 412 g/mol. The van der Waals surface area contributed by atoms with Gasteiger partial charge in [0.25, 0.3) is 0 Å². The van der Waals surface area contributed by atoms with Gasteiger partial charge in [0, 0.05) is 17.4 Å². The summed E-state index contributed by atoms with van der Waals surface area (Å²) in [4.78, 5) is 16.2. The van der Waals surface area contributed by atoms with E-state index in [9.17, 15) is 18.0 Å². The molecule has 0 aliphatic rings. The lowest BCUT2D eigenvalue weighted by atomic mass is 10.1. The molecule has 2 aromatic heterocycles. The van der Waals surface area contributed by atoms with Gasteiger partial charge >= 0.3 is 12.2 Å². The molecule has 0 atom stereocenters. The number of carbonyl (C=O) groups excluding carboxylic acids is 1. The van der Waals surface area contributed by atoms with E-state index in [0.717, 1.165) is 17.2 Å². The van der Waals surface area contributed by atoms with Crippen molar-refractivity contribution < 1.29 is 18.0 Å². The zero-order valence-electron chi connectivity index (χ0n) is 15.3. The number of nitrogens with one attached hydrogen (secondary N) is 2. The number of aromatic nitrogens is 3. The van der Waals surface area contributed by atoms with E-state index < -0.39 is 17.8 Å². The van der Waals surface area contributed by atoms with Crippen LogP contribution in [-0.4, -0.2) is 20.6 Å². The number of benzene rings is 2. The number of nitrogens with zero attached hydrogens (tertiary/aromatic N) is 3. The molecule has 2 heterocycles. The third kappa shape index (κ3) is 3.75. The number of nitrogen functional groups attached to an aromatic ring is 1. The normalized spacial score (nSPS) is 11.4. The molecule has 152 valence electrons. The Labute approximate surface area is 168 Å². The Morgan fingerprint density at radius 3 is 2.47 bits per heavy atom. The van der Waals surface area contributed by atoms with E-state index in [1.165, 1.54) is 24.5 Å². The van der Waals surface area contributed by atoms with E-state index in [4.69, 9.17) is 5.73 Å². The van der Waals surface area contributed by atoms with Gasteiger partial charge in [0.05, 0.1) is 11.3 Å². The van der Waals surface area contributed by atoms with Crippen LogP contribution in [0.5, 0.6) is 0 Å². The van der Waals surface area contributed by atoms with Gasteiger partial charge in [0.1, 0.15) is 11.8 Å². The van der Waals surface area contributed by atoms with Gasteiger partial charge < -0.3 is 16.4 Å². The number of hydrogen-bond acceptors (Lipinski definition) is 4. The van der Waals surface area contributed by atoms with Crippen molar-refractivity contribution in [1.29, 1.82) is 0 Å². The molecular weight excluding hydrogens is 397 g/mol. The summed E-state index contributed by atoms with van der Waals surface area (Å²) in [7, 11) is 0. The highest BCUT2D eigenvalue weighted by Gasteiger charge is 2.33. The molecule has 4 aromatic rings. The third-order valence-electron chi connectivity index (χ3n) is 4.42. The van der Waals surface area contributed by atoms with E-state index in [-0.39, 0.29) is 5.69 Å². The predicted octanol–water partition coefficient (Wildman–Crippen LogP) is 4.64. The summed E-state index contributed by atoms with van der Waals surface area (Å²) in [5.74, 6) is 0.329. The van der Waals surface area contributed by atoms with Gasteiger partial charge in [0.2, 0.25) is 0 Å². The van der Waals surface area contributed by atoms with Crippen LogP contribution in [0.15, 0.2) is 67.1 Å². The molecule has 2 aromatic carbocycles. The number of rotatable bonds is 3. The SMILES string of the molecule is Nc1ncnn2ccc(-c3ccc(NC(=O)Nc4ccccc4C(F)(F)F)cc3)c12. The minimum atomic E-state index is -4.57. The smallest absolute Gasteiger partial charge is 0.382 e. The topological polar surface area (TPSA) is 97.3 Å². The molecule has 0 radical (unpaired) electrons. The van der Waals surface area contributed by atoms with Gasteiger partial charge in [-0.05, 0) is 35.9 Å². The minimum Gasteiger partial charge on any atom is -0.382 e. The molecule has 4 N–H and O–H groups in total. The van der Waals surface area contributed by atoms with Crippen molar-refractivity contribution in [1.82, 2.24) is 14.6 Å². The molecule has 0 saturated carbocycles. The van der Waals surface area contributed by atoms with Crippen molar-refractivity contribution in [3.8, 4) is 11.1 Å². The number of urea groups is 1. The maximum absolute atomic E-state index is 13.1. The maximum Gasteiger partial charge on any atom is 0.418 e. The summed E-state index contributed by atoms with van der Waals surface area (Å²) in [6.45, 7) is 0. The first-order valence-electron chi connectivity index (χ1n) is 8.75. The average Bonchev–Trinajstić information content (AvgIpc) is 3.14. The van der Waals surface area contributed by atoms with Crippen LogP contribution in [0.25, 0.3) is 16.6 Å². The first-order valence-corrected chi connectivity index (χ1v) is 8.75. The fraction of sp³-hybridized carbons (Fsp3) is 0.0500. The van der Waals surface area contributed by atoms with Crippen molar-refractivity contribution in [2.75, 3.05) is 16.4 Å². The number of alkyl halides is 3. The van der Waals surface area contributed by atoms with E-state index in [1.807, 2.05) is 6.07 Å². The van der Waals surface area contributed by atoms with Crippen LogP contribution in [0.4, 0.5) is 35.2 Å². The second-order valence-electron chi connectivity index (χ2n) is 6.37. The second-order valence-corrected chi connectivity index (χ2v) is 6.37. The van der Waals surface area contributed by atoms with E-state index in [0.29, 0.717) is 17.0 Å². The minimum absolute atomic E-state index is 0.324. The summed E-state index contributed by atoms with van der Waals surface area (Å²) in [6.07, 6.45) is -1.47. The number of amides is 2. The molecule has 0 unspecified atom stereocenters. The Kier molecular flexibility index (Phi) is 4.74. The Morgan fingerprint density at radius 1 is 1.00 bits per heavy atom. The van der Waals surface area contributed by atoms with Gasteiger partial charge in [-0.1, -0.05) is 24.3 Å². The number of anilines is 3. The number of carbonyl (C=O) groups is 1. The Hall–Kier alpha value is -4.08. The molecule has 4 rings (SSSR count). The fourth-order valence-electron chi connectivity index (χ4n) is 3.07. The first kappa shape index (κ1) is 19.2. The van der Waals surface area contributed by atoms with Crippen molar-refractivity contribution >= 4 is 28.7 Å². The van der Waals surface area contributed by atoms with E-state index in [2.05, 4.69) is 20.7 Å². The summed E-state index contributed by atoms with van der Waals surface area (Å²) >= 11 is 0. The number of halogens is 3. The maximum atomic E-state index is 13.1. The van der Waals surface area contributed by atoms with Gasteiger partial charge in [-0.3, -0.25) is 0 Å². The highest BCUT2D eigenvalue weighted by atomic mass is 19.4. The Bertz CT molecular complexity index is 1220. The largest absolute Gasteiger partial charge is 0.418 e. The molecule has 0 aliphatic carbocycles. The molecule has 2 amide bonds. The van der Waals surface area contributed by atoms with E-state index >= 15 is 0 Å². The van der Waals surface area contributed by atoms with Crippen molar-refractivity contribution in [3.63, 3.8) is 0 Å². The zero-order valence-corrected chi connectivity index (χ0v) is 15.3. The van der Waals surface area contributed by atoms with Crippen LogP contribution in [-0.2, 0) is 6.18 Å². The molecule has 0 bridgehead atoms. The third-order valence-corrected chi connectivity index (χ3v) is 4.42. The first-order chi connectivity index (χ1) is 14.3. The number of hydrogen-bond donors (Lipinski definition) is 3. The summed E-state index contributed by atoms with van der Waals surface area (Å²) in [5, 5.41) is 8.84. The van der Waals surface area contributed by atoms with Crippen LogP contribution in [0, 0.1) is 0 Å². The fourth-order valence-corrected chi connectivity index (χ4v) is 3.07. The van der Waals surface area contributed by atoms with Crippen LogP contribution in [0.3, 0.4) is 0 Å². The average molecular weight is 412 g/mol. The summed E-state index contributed by atoms with van der Waals surface area (Å²) in [6, 6.07) is 12.6. The van der Waals surface area contributed by atoms with E-state index in [1.54, 1.807) is 35.0 Å². The van der Waals surface area contributed by atoms with Crippen molar-refractivity contribution in [3.05, 3.63) is 72.7 Å². The molecule has 0 spiro atoms. The number of nitrogens with two attached hydrogens (primary N) is 1. The Balaban J connectivity index is 1.51. The highest BCUT2D eigenvalue weighted by Crippen LogP contribution is 2.34. The van der Waals surface area contributed by atoms with Crippen LogP contribution < -0.4 is 16.4 Å². The van der Waals surface area contributed by atoms with Crippen LogP contribution in [0.2, 0.25) is 0 Å². The summed E-state index contributed by atoms with van der Waals surface area (Å²) < 4.78 is 40.8. The van der Waals surface area contributed by atoms with Crippen LogP contribution >= 0.6 is 0 Å². The lowest BCUT2D eigenvalue weighted by Gasteiger charge is -2.14. The van der Waals surface area contributed by atoms with Gasteiger partial charge in [-0.2, -0.15) is 18.3 Å². The van der Waals surface area contributed by atoms with Crippen molar-refractivity contribution in [2.24, 2.45) is 0 Å². The van der Waals surface area contributed by atoms with Gasteiger partial charge in [0.15, 0.2) is 5.82 Å². The number of fused-ring (bicyclic) bond motifs is 1. The van der Waals surface area contributed by atoms with Crippen LogP contribution in [0.1, 0.15) is 5.56 Å². The molecule has 30 heavy (non-hydrogen) atoms. The van der Waals surface area contributed by atoms with Gasteiger partial charge in [-0.25, -0.2) is 14.3 Å². The lowest BCUT2D eigenvalue weighted by molar-refractivity contribution is -0.136. The molecule has 7 nitrogen and oxygen atoms in total. The predicted molar refractivity (Wildman–Crippen MR) is 107 cm³/mol. The highest BCUT2D eigenvalue weighted by molar-refractivity contribution is 6.00. The molecule has 0 fully saturated rings. The molecule has 0 saturated heterocycles. The standard InChI is InChI=1S/C20H15F3N6O/c21-20(22,23)15-3-1-2-4-16(15)28-19(30)27-13-7-5-12(6-8-13)14-9-10-29-17(14)18(24)25-11-26-29/h1-11H,(H2,24,25,26)(H2,27,28,30). The molecular formula is C20H15F3N6O. The number of para-hydroxylation sites is 1. The molecule has 0 aliphatic heterocycles. The molecule has 10 heteroatoms. The quantitative estimate of drug-likeness (QED) is 0.457. The lowest BCUT2D eigenvalue weighted by Crippen LogP contribution is -2.21. The Morgan fingerprint density at radius 2 is 1.73 bits per heavy atom. The van der Waals surface area contributed by atoms with Gasteiger partial charge in [-0.15, -0.1) is 0 Å². The summed E-state index contributed by atoms with van der Waals surface area (Å²) in [5.41, 5.74) is 7.37. The zero-order chi connectivity index (χ0) is 21.3. The second kappa shape index (κ2) is 7.39. The van der Waals surface area contributed by atoms with Crippen molar-refractivity contribution in [2.45, 2.75) is 6.18 Å².